The smallest absolute Gasteiger partial charge is 0.0171 e. The van der Waals surface area contributed by atoms with Gasteiger partial charge in [-0.1, -0.05) is 60.7 Å². The molecule has 0 fully saturated rings. The van der Waals surface area contributed by atoms with E-state index in [4.69, 9.17) is 0 Å². The zero-order valence-electron chi connectivity index (χ0n) is 13.2. The molecule has 0 aliphatic rings. The van der Waals surface area contributed by atoms with Gasteiger partial charge in [0.1, 0.15) is 0 Å². The van der Waals surface area contributed by atoms with Crippen LogP contribution in [0.1, 0.15) is 0 Å². The molecular formula is C24H15. The molecule has 0 amide bonds. The molecule has 5 aromatic carbocycles. The fourth-order valence-corrected chi connectivity index (χ4v) is 3.43. The molecule has 0 aliphatic heterocycles. The average Bonchev–Trinajstić information content (AvgIpc) is 2.65. The van der Waals surface area contributed by atoms with Crippen molar-refractivity contribution in [3.8, 4) is 11.1 Å². The molecule has 111 valence electrons. The summed E-state index contributed by atoms with van der Waals surface area (Å²) in [6, 6.07) is 35.7. The van der Waals surface area contributed by atoms with Gasteiger partial charge in [0.25, 0.3) is 0 Å². The molecule has 0 nitrogen and oxygen atoms in total. The predicted octanol–water partition coefficient (Wildman–Crippen LogP) is 6.61. The van der Waals surface area contributed by atoms with E-state index in [0.29, 0.717) is 0 Å². The molecule has 24 heavy (non-hydrogen) atoms. The zero-order valence-corrected chi connectivity index (χ0v) is 13.2. The maximum Gasteiger partial charge on any atom is -0.0171 e. The third-order valence-electron chi connectivity index (χ3n) is 4.72. The van der Waals surface area contributed by atoms with Crippen LogP contribution in [0.15, 0.2) is 91.0 Å². The first-order chi connectivity index (χ1) is 11.9. The van der Waals surface area contributed by atoms with E-state index in [9.17, 15) is 0 Å². The minimum absolute atomic E-state index is 1.23. The first kappa shape index (κ1) is 13.3. The van der Waals surface area contributed by atoms with Gasteiger partial charge in [-0.2, -0.15) is 0 Å². The van der Waals surface area contributed by atoms with Crippen LogP contribution in [-0.4, -0.2) is 0 Å². The van der Waals surface area contributed by atoms with Gasteiger partial charge < -0.3 is 0 Å². The Morgan fingerprint density at radius 2 is 1.08 bits per heavy atom. The predicted molar refractivity (Wildman–Crippen MR) is 103 cm³/mol. The summed E-state index contributed by atoms with van der Waals surface area (Å²) in [5.41, 5.74) is 2.50. The molecule has 0 aliphatic carbocycles. The third kappa shape index (κ3) is 2.16. The lowest BCUT2D eigenvalue weighted by Crippen LogP contribution is -1.81. The number of hydrogen-bond acceptors (Lipinski definition) is 0. The second-order valence-corrected chi connectivity index (χ2v) is 6.25. The number of fused-ring (bicyclic) bond motifs is 3. The first-order valence-corrected chi connectivity index (χ1v) is 8.20. The molecule has 0 unspecified atom stereocenters. The molecule has 5 aromatic rings. The fourth-order valence-electron chi connectivity index (χ4n) is 3.43. The highest BCUT2D eigenvalue weighted by molar-refractivity contribution is 6.00. The van der Waals surface area contributed by atoms with E-state index in [1.807, 2.05) is 12.1 Å². The number of rotatable bonds is 1. The lowest BCUT2D eigenvalue weighted by atomic mass is 9.97. The summed E-state index contributed by atoms with van der Waals surface area (Å²) in [4.78, 5) is 0. The molecule has 0 aromatic heterocycles. The molecule has 0 atom stereocenters. The lowest BCUT2D eigenvalue weighted by Gasteiger charge is -2.07. The van der Waals surface area contributed by atoms with E-state index < -0.39 is 0 Å². The minimum Gasteiger partial charge on any atom is -0.0616 e. The summed E-state index contributed by atoms with van der Waals surface area (Å²) in [5.74, 6) is 0. The summed E-state index contributed by atoms with van der Waals surface area (Å²) in [6.07, 6.45) is 0. The summed E-state index contributed by atoms with van der Waals surface area (Å²) < 4.78 is 0. The summed E-state index contributed by atoms with van der Waals surface area (Å²) in [5, 5.41) is 7.63. The SMILES string of the molecule is [c]1ccc2ccc(-c3ccc4cc5ccccc5cc4c3)cc2c1. The highest BCUT2D eigenvalue weighted by Gasteiger charge is 2.03. The molecule has 0 spiro atoms. The molecule has 0 bridgehead atoms. The molecule has 0 saturated carbocycles. The van der Waals surface area contributed by atoms with Gasteiger partial charge in [-0.3, -0.25) is 0 Å². The van der Waals surface area contributed by atoms with Crippen LogP contribution in [-0.2, 0) is 0 Å². The standard InChI is InChI=1S/C24H15/c1-2-6-18-13-21(10-9-17(18)5-1)22-11-12-23-14-19-7-3-4-8-20(19)15-24(23)16-22/h1,3-16H. The fraction of sp³-hybridized carbons (Fsp3) is 0. The van der Waals surface area contributed by atoms with Gasteiger partial charge in [0.2, 0.25) is 0 Å². The van der Waals surface area contributed by atoms with Crippen LogP contribution in [0.4, 0.5) is 0 Å². The Balaban J connectivity index is 1.71. The van der Waals surface area contributed by atoms with Gasteiger partial charge in [0.15, 0.2) is 0 Å². The van der Waals surface area contributed by atoms with Crippen LogP contribution in [0, 0.1) is 6.07 Å². The van der Waals surface area contributed by atoms with E-state index >= 15 is 0 Å². The molecule has 0 N–H and O–H groups in total. The van der Waals surface area contributed by atoms with Gasteiger partial charge in [-0.05, 0) is 79.8 Å². The molecule has 5 rings (SSSR count). The second-order valence-electron chi connectivity index (χ2n) is 6.25. The van der Waals surface area contributed by atoms with Crippen molar-refractivity contribution in [2.75, 3.05) is 0 Å². The van der Waals surface area contributed by atoms with Gasteiger partial charge in [0.05, 0.1) is 0 Å². The average molecular weight is 303 g/mol. The topological polar surface area (TPSA) is 0 Å². The second kappa shape index (κ2) is 5.21. The molecule has 0 heteroatoms. The number of hydrogen-bond donors (Lipinski definition) is 0. The lowest BCUT2D eigenvalue weighted by molar-refractivity contribution is 1.67. The van der Waals surface area contributed by atoms with Crippen LogP contribution < -0.4 is 0 Å². The summed E-state index contributed by atoms with van der Waals surface area (Å²) >= 11 is 0. The highest BCUT2D eigenvalue weighted by Crippen LogP contribution is 2.29. The van der Waals surface area contributed by atoms with Crippen molar-refractivity contribution in [2.45, 2.75) is 0 Å². The van der Waals surface area contributed by atoms with E-state index in [1.54, 1.807) is 0 Å². The van der Waals surface area contributed by atoms with Crippen molar-refractivity contribution in [1.82, 2.24) is 0 Å². The van der Waals surface area contributed by atoms with E-state index in [1.165, 1.54) is 43.4 Å². The largest absolute Gasteiger partial charge is 0.0616 e. The Morgan fingerprint density at radius 1 is 0.458 bits per heavy atom. The highest BCUT2D eigenvalue weighted by atomic mass is 14.1. The van der Waals surface area contributed by atoms with Crippen LogP contribution in [0.2, 0.25) is 0 Å². The Hall–Kier alpha value is -3.12. The minimum atomic E-state index is 1.23. The Kier molecular flexibility index (Phi) is 2.89. The van der Waals surface area contributed by atoms with Crippen LogP contribution in [0.3, 0.4) is 0 Å². The summed E-state index contributed by atoms with van der Waals surface area (Å²) in [6.45, 7) is 0. The molecule has 1 radical (unpaired) electrons. The van der Waals surface area contributed by atoms with Crippen LogP contribution in [0.25, 0.3) is 43.4 Å². The van der Waals surface area contributed by atoms with Crippen molar-refractivity contribution in [3.63, 3.8) is 0 Å². The molecule has 0 heterocycles. The van der Waals surface area contributed by atoms with Gasteiger partial charge in [0, 0.05) is 0 Å². The maximum absolute atomic E-state index is 3.16. The first-order valence-electron chi connectivity index (χ1n) is 8.20. The molecule has 0 saturated heterocycles. The van der Waals surface area contributed by atoms with Crippen molar-refractivity contribution in [2.24, 2.45) is 0 Å². The van der Waals surface area contributed by atoms with E-state index in [-0.39, 0.29) is 0 Å². The zero-order chi connectivity index (χ0) is 15.9. The molecular weight excluding hydrogens is 288 g/mol. The summed E-state index contributed by atoms with van der Waals surface area (Å²) in [7, 11) is 0. The van der Waals surface area contributed by atoms with Crippen LogP contribution >= 0.6 is 0 Å². The van der Waals surface area contributed by atoms with Crippen LogP contribution in [0.5, 0.6) is 0 Å². The van der Waals surface area contributed by atoms with E-state index in [2.05, 4.69) is 84.9 Å². The van der Waals surface area contributed by atoms with Crippen molar-refractivity contribution in [1.29, 1.82) is 0 Å². The quantitative estimate of drug-likeness (QED) is 0.305. The van der Waals surface area contributed by atoms with Crippen molar-refractivity contribution >= 4 is 32.3 Å². The Bertz CT molecular complexity index is 1200. The third-order valence-corrected chi connectivity index (χ3v) is 4.72. The van der Waals surface area contributed by atoms with E-state index in [0.717, 1.165) is 0 Å². The van der Waals surface area contributed by atoms with Gasteiger partial charge in [-0.15, -0.1) is 0 Å². The van der Waals surface area contributed by atoms with Crippen molar-refractivity contribution < 1.29 is 0 Å². The van der Waals surface area contributed by atoms with Gasteiger partial charge >= 0.3 is 0 Å². The van der Waals surface area contributed by atoms with Crippen molar-refractivity contribution in [3.05, 3.63) is 97.1 Å². The number of benzene rings is 5. The Morgan fingerprint density at radius 3 is 1.88 bits per heavy atom. The maximum atomic E-state index is 3.16. The monoisotopic (exact) mass is 303 g/mol. The Labute approximate surface area is 141 Å². The van der Waals surface area contributed by atoms with Gasteiger partial charge in [-0.25, -0.2) is 0 Å². The normalized spacial score (nSPS) is 11.3.